The quantitative estimate of drug-likeness (QED) is 0.550. The second kappa shape index (κ2) is 7.74. The molecule has 128 valence electrons. The van der Waals surface area contributed by atoms with Gasteiger partial charge in [0, 0.05) is 29.9 Å². The molecule has 5 N–H and O–H groups in total. The van der Waals surface area contributed by atoms with Gasteiger partial charge in [0.1, 0.15) is 5.78 Å². The van der Waals surface area contributed by atoms with Gasteiger partial charge in [-0.05, 0) is 24.5 Å². The van der Waals surface area contributed by atoms with Crippen molar-refractivity contribution >= 4 is 28.6 Å². The molecule has 1 aromatic carbocycles. The Hall–Kier alpha value is -2.67. The number of aliphatic carboxylic acids is 2. The van der Waals surface area contributed by atoms with E-state index < -0.39 is 29.7 Å². The highest BCUT2D eigenvalue weighted by Crippen LogP contribution is 2.22. The molecule has 2 atom stereocenters. The molecule has 7 nitrogen and oxygen atoms in total. The largest absolute Gasteiger partial charge is 0.481 e. The fraction of sp³-hybridized carbons (Fsp3) is 0.353. The van der Waals surface area contributed by atoms with Crippen LogP contribution in [-0.2, 0) is 20.8 Å². The van der Waals surface area contributed by atoms with Gasteiger partial charge in [0.2, 0.25) is 0 Å². The number of benzene rings is 1. The van der Waals surface area contributed by atoms with E-state index in [0.717, 1.165) is 16.5 Å². The van der Waals surface area contributed by atoms with Crippen molar-refractivity contribution in [3.8, 4) is 0 Å². The fourth-order valence-corrected chi connectivity index (χ4v) is 2.65. The number of Topliss-reactive ketones (excluding diaryl/α,β-unsaturated/α-hetero) is 1. The van der Waals surface area contributed by atoms with Crippen LogP contribution < -0.4 is 5.73 Å². The number of nitrogens with two attached hydrogens (primary N) is 1. The number of fused-ring (bicyclic) bond motifs is 1. The van der Waals surface area contributed by atoms with Crippen LogP contribution in [0.5, 0.6) is 0 Å². The van der Waals surface area contributed by atoms with Gasteiger partial charge in [0.05, 0.1) is 12.0 Å². The predicted molar refractivity (Wildman–Crippen MR) is 87.6 cm³/mol. The van der Waals surface area contributed by atoms with Crippen LogP contribution in [0.4, 0.5) is 0 Å². The van der Waals surface area contributed by atoms with E-state index in [1.54, 1.807) is 6.20 Å². The van der Waals surface area contributed by atoms with E-state index in [1.165, 1.54) is 0 Å². The number of para-hydroxylation sites is 1. The van der Waals surface area contributed by atoms with Crippen molar-refractivity contribution in [2.24, 2.45) is 11.7 Å². The molecular formula is C17H20N2O5. The van der Waals surface area contributed by atoms with Crippen molar-refractivity contribution in [3.05, 3.63) is 36.0 Å². The first-order valence-corrected chi connectivity index (χ1v) is 7.66. The summed E-state index contributed by atoms with van der Waals surface area (Å²) in [6.45, 7) is 0. The Morgan fingerprint density at radius 3 is 2.54 bits per heavy atom. The summed E-state index contributed by atoms with van der Waals surface area (Å²) in [7, 11) is 0. The van der Waals surface area contributed by atoms with Gasteiger partial charge in [-0.3, -0.25) is 14.4 Å². The van der Waals surface area contributed by atoms with Crippen molar-refractivity contribution in [1.29, 1.82) is 0 Å². The minimum atomic E-state index is -1.07. The predicted octanol–water partition coefficient (Wildman–Crippen LogP) is 1.56. The highest BCUT2D eigenvalue weighted by atomic mass is 16.4. The number of carbonyl (C=O) groups excluding carboxylic acids is 1. The van der Waals surface area contributed by atoms with E-state index in [0.29, 0.717) is 0 Å². The summed E-state index contributed by atoms with van der Waals surface area (Å²) < 4.78 is 0. The summed E-state index contributed by atoms with van der Waals surface area (Å²) in [6.07, 6.45) is 1.53. The monoisotopic (exact) mass is 332 g/mol. The van der Waals surface area contributed by atoms with Crippen molar-refractivity contribution in [2.45, 2.75) is 31.7 Å². The molecular weight excluding hydrogens is 312 g/mol. The lowest BCUT2D eigenvalue weighted by atomic mass is 9.91. The zero-order valence-electron chi connectivity index (χ0n) is 13.1. The topological polar surface area (TPSA) is 133 Å². The van der Waals surface area contributed by atoms with Crippen LogP contribution in [-0.4, -0.2) is 39.0 Å². The molecule has 7 heteroatoms. The first kappa shape index (κ1) is 17.7. The van der Waals surface area contributed by atoms with Gasteiger partial charge in [-0.25, -0.2) is 0 Å². The first-order valence-electron chi connectivity index (χ1n) is 7.66. The Kier molecular flexibility index (Phi) is 5.70. The summed E-state index contributed by atoms with van der Waals surface area (Å²) in [5.41, 5.74) is 7.39. The van der Waals surface area contributed by atoms with Crippen LogP contribution in [0.3, 0.4) is 0 Å². The molecule has 0 bridgehead atoms. The van der Waals surface area contributed by atoms with E-state index in [9.17, 15) is 19.5 Å². The van der Waals surface area contributed by atoms with E-state index in [4.69, 9.17) is 10.8 Å². The average Bonchev–Trinajstić information content (AvgIpc) is 2.94. The van der Waals surface area contributed by atoms with Crippen LogP contribution in [0.2, 0.25) is 0 Å². The molecule has 0 saturated carbocycles. The third kappa shape index (κ3) is 4.42. The molecule has 0 aliphatic rings. The van der Waals surface area contributed by atoms with Crippen LogP contribution in [0, 0.1) is 5.92 Å². The molecule has 0 fully saturated rings. The zero-order chi connectivity index (χ0) is 17.7. The minimum absolute atomic E-state index is 0.00753. The summed E-state index contributed by atoms with van der Waals surface area (Å²) >= 11 is 0. The number of carboxylic acids is 2. The van der Waals surface area contributed by atoms with Gasteiger partial charge in [0.25, 0.3) is 0 Å². The Morgan fingerprint density at radius 1 is 1.17 bits per heavy atom. The van der Waals surface area contributed by atoms with Crippen LogP contribution in [0.15, 0.2) is 30.5 Å². The van der Waals surface area contributed by atoms with Crippen molar-refractivity contribution in [1.82, 2.24) is 4.98 Å². The number of rotatable bonds is 9. The van der Waals surface area contributed by atoms with Crippen LogP contribution in [0.25, 0.3) is 10.9 Å². The number of aromatic amines is 1. The zero-order valence-corrected chi connectivity index (χ0v) is 13.1. The van der Waals surface area contributed by atoms with Gasteiger partial charge >= 0.3 is 11.9 Å². The number of ketones is 1. The molecule has 0 aliphatic carbocycles. The second-order valence-corrected chi connectivity index (χ2v) is 5.81. The van der Waals surface area contributed by atoms with Gasteiger partial charge in [-0.2, -0.15) is 0 Å². The molecule has 0 unspecified atom stereocenters. The Morgan fingerprint density at radius 2 is 1.88 bits per heavy atom. The molecule has 1 heterocycles. The molecule has 0 amide bonds. The van der Waals surface area contributed by atoms with Gasteiger partial charge < -0.3 is 20.9 Å². The lowest BCUT2D eigenvalue weighted by molar-refractivity contribution is -0.144. The Bertz CT molecular complexity index is 752. The Balaban J connectivity index is 2.05. The second-order valence-electron chi connectivity index (χ2n) is 5.81. The smallest absolute Gasteiger partial charge is 0.307 e. The first-order chi connectivity index (χ1) is 11.4. The molecule has 0 saturated heterocycles. The lowest BCUT2D eigenvalue weighted by Crippen LogP contribution is -2.34. The number of hydrogen-bond acceptors (Lipinski definition) is 4. The SMILES string of the molecule is N[C@H](CCC(=O)O)C(=O)C[C@H](Cc1c[nH]c2ccccc12)C(=O)O. The standard InChI is InChI=1S/C17H20N2O5/c18-13(5-6-16(21)22)15(20)8-10(17(23)24)7-11-9-19-14-4-2-1-3-12(11)14/h1-4,9-10,13,19H,5-8,18H2,(H,21,22)(H,23,24)/t10-,13+/m0/s1. The molecule has 0 spiro atoms. The number of nitrogens with one attached hydrogen (secondary N) is 1. The highest BCUT2D eigenvalue weighted by Gasteiger charge is 2.26. The van der Waals surface area contributed by atoms with Crippen molar-refractivity contribution in [2.75, 3.05) is 0 Å². The number of H-pyrrole nitrogens is 1. The number of carboxylic acid groups (broad SMARTS) is 2. The van der Waals surface area contributed by atoms with Gasteiger partial charge in [-0.1, -0.05) is 18.2 Å². The van der Waals surface area contributed by atoms with Crippen LogP contribution in [0.1, 0.15) is 24.8 Å². The summed E-state index contributed by atoms with van der Waals surface area (Å²) in [5, 5.41) is 18.9. The maximum Gasteiger partial charge on any atom is 0.307 e. The number of carbonyl (C=O) groups is 3. The van der Waals surface area contributed by atoms with E-state index in [-0.39, 0.29) is 25.7 Å². The maximum atomic E-state index is 12.1. The van der Waals surface area contributed by atoms with Crippen molar-refractivity contribution in [3.63, 3.8) is 0 Å². The molecule has 0 aliphatic heterocycles. The Labute approximate surface area is 138 Å². The van der Waals surface area contributed by atoms with Crippen molar-refractivity contribution < 1.29 is 24.6 Å². The third-order valence-electron chi connectivity index (χ3n) is 4.02. The number of hydrogen-bond donors (Lipinski definition) is 4. The minimum Gasteiger partial charge on any atom is -0.481 e. The van der Waals surface area contributed by atoms with Gasteiger partial charge in [0.15, 0.2) is 0 Å². The fourth-order valence-electron chi connectivity index (χ4n) is 2.65. The number of aromatic nitrogens is 1. The van der Waals surface area contributed by atoms with E-state index >= 15 is 0 Å². The summed E-state index contributed by atoms with van der Waals surface area (Å²) in [6, 6.07) is 6.57. The van der Waals surface area contributed by atoms with E-state index in [1.807, 2.05) is 24.3 Å². The molecule has 24 heavy (non-hydrogen) atoms. The summed E-state index contributed by atoms with van der Waals surface area (Å²) in [5.74, 6) is -3.43. The third-order valence-corrected chi connectivity index (χ3v) is 4.02. The molecule has 2 aromatic rings. The van der Waals surface area contributed by atoms with Gasteiger partial charge in [-0.15, -0.1) is 0 Å². The molecule has 0 radical (unpaired) electrons. The molecule has 1 aromatic heterocycles. The maximum absolute atomic E-state index is 12.1. The average molecular weight is 332 g/mol. The highest BCUT2D eigenvalue weighted by molar-refractivity contribution is 5.89. The normalized spacial score (nSPS) is 13.5. The van der Waals surface area contributed by atoms with Crippen LogP contribution >= 0.6 is 0 Å². The summed E-state index contributed by atoms with van der Waals surface area (Å²) in [4.78, 5) is 37.2. The molecule has 2 rings (SSSR count). The van der Waals surface area contributed by atoms with E-state index in [2.05, 4.69) is 4.98 Å². The lowest BCUT2D eigenvalue weighted by Gasteiger charge is -2.14.